The summed E-state index contributed by atoms with van der Waals surface area (Å²) in [5.74, 6) is -0.0813. The van der Waals surface area contributed by atoms with Crippen molar-refractivity contribution in [3.63, 3.8) is 0 Å². The molecule has 2 N–H and O–H groups in total. The van der Waals surface area contributed by atoms with Crippen LogP contribution in [0.4, 0.5) is 11.4 Å². The van der Waals surface area contributed by atoms with Gasteiger partial charge in [0.15, 0.2) is 0 Å². The Kier molecular flexibility index (Phi) is 6.20. The zero-order chi connectivity index (χ0) is 14.3. The molecule has 0 saturated carbocycles. The van der Waals surface area contributed by atoms with E-state index in [1.807, 2.05) is 6.92 Å². The van der Waals surface area contributed by atoms with E-state index >= 15 is 0 Å². The van der Waals surface area contributed by atoms with Gasteiger partial charge in [-0.05, 0) is 22.4 Å². The van der Waals surface area contributed by atoms with Crippen LogP contribution in [-0.2, 0) is 4.79 Å². The number of pyridine rings is 1. The lowest BCUT2D eigenvalue weighted by Crippen LogP contribution is -2.26. The summed E-state index contributed by atoms with van der Waals surface area (Å²) >= 11 is 3.19. The van der Waals surface area contributed by atoms with Gasteiger partial charge in [-0.1, -0.05) is 6.92 Å². The maximum Gasteiger partial charge on any atom is 0.311 e. The molecule has 1 amide bonds. The van der Waals surface area contributed by atoms with Crippen molar-refractivity contribution in [2.45, 2.75) is 19.8 Å². The third kappa shape index (κ3) is 4.82. The van der Waals surface area contributed by atoms with Crippen LogP contribution in [0, 0.1) is 10.1 Å². The van der Waals surface area contributed by atoms with Crippen LogP contribution in [0.2, 0.25) is 0 Å². The monoisotopic (exact) mass is 330 g/mol. The molecule has 0 radical (unpaired) electrons. The predicted molar refractivity (Wildman–Crippen MR) is 75.0 cm³/mol. The minimum absolute atomic E-state index is 0.0813. The van der Waals surface area contributed by atoms with Crippen LogP contribution in [0.15, 0.2) is 16.9 Å². The van der Waals surface area contributed by atoms with Crippen LogP contribution in [0.3, 0.4) is 0 Å². The maximum absolute atomic E-state index is 11.4. The fourth-order valence-electron chi connectivity index (χ4n) is 1.39. The zero-order valence-corrected chi connectivity index (χ0v) is 12.1. The highest BCUT2D eigenvalue weighted by atomic mass is 79.9. The molecule has 0 spiro atoms. The molecule has 104 valence electrons. The smallest absolute Gasteiger partial charge is 0.311 e. The number of hydrogen-bond acceptors (Lipinski definition) is 5. The van der Waals surface area contributed by atoms with Gasteiger partial charge in [0, 0.05) is 25.7 Å². The van der Waals surface area contributed by atoms with Gasteiger partial charge in [0.05, 0.1) is 9.40 Å². The van der Waals surface area contributed by atoms with Crippen molar-refractivity contribution < 1.29 is 9.72 Å². The topological polar surface area (TPSA) is 97.2 Å². The Morgan fingerprint density at radius 3 is 2.84 bits per heavy atom. The highest BCUT2D eigenvalue weighted by molar-refractivity contribution is 9.10. The normalized spacial score (nSPS) is 10.0. The fraction of sp³-hybridized carbons (Fsp3) is 0.455. The summed E-state index contributed by atoms with van der Waals surface area (Å²) in [5.41, 5.74) is 0.214. The van der Waals surface area contributed by atoms with Gasteiger partial charge < -0.3 is 10.6 Å². The third-order valence-electron chi connectivity index (χ3n) is 2.30. The van der Waals surface area contributed by atoms with Gasteiger partial charge in [-0.15, -0.1) is 0 Å². The molecule has 1 aromatic rings. The van der Waals surface area contributed by atoms with Crippen LogP contribution in [0.1, 0.15) is 19.8 Å². The standard InChI is InChI=1S/C11H15BrN4O3/c1-2-4-14-10(17)3-5-15-11-8(12)6-13-7-9(11)16(18)19/h6-7H,2-5H2,1H3,(H,13,15)(H,14,17). The quantitative estimate of drug-likeness (QED) is 0.589. The van der Waals surface area contributed by atoms with Gasteiger partial charge in [0.25, 0.3) is 0 Å². The van der Waals surface area contributed by atoms with Gasteiger partial charge in [-0.2, -0.15) is 0 Å². The Balaban J connectivity index is 2.58. The second-order valence-corrected chi connectivity index (χ2v) is 4.65. The predicted octanol–water partition coefficient (Wildman–Crippen LogP) is 2.08. The molecule has 0 bridgehead atoms. The van der Waals surface area contributed by atoms with Crippen molar-refractivity contribution in [1.82, 2.24) is 10.3 Å². The van der Waals surface area contributed by atoms with E-state index in [9.17, 15) is 14.9 Å². The first kappa shape index (κ1) is 15.4. The summed E-state index contributed by atoms with van der Waals surface area (Å²) in [4.78, 5) is 25.5. The number of aromatic nitrogens is 1. The molecule has 19 heavy (non-hydrogen) atoms. The van der Waals surface area contributed by atoms with Gasteiger partial charge in [0.1, 0.15) is 11.9 Å². The van der Waals surface area contributed by atoms with E-state index in [2.05, 4.69) is 31.5 Å². The number of amides is 1. The Morgan fingerprint density at radius 1 is 1.47 bits per heavy atom. The lowest BCUT2D eigenvalue weighted by molar-refractivity contribution is -0.384. The number of halogens is 1. The number of nitrogens with zero attached hydrogens (tertiary/aromatic N) is 2. The van der Waals surface area contributed by atoms with Crippen LogP contribution >= 0.6 is 15.9 Å². The molecule has 0 aromatic carbocycles. The van der Waals surface area contributed by atoms with Crippen molar-refractivity contribution >= 4 is 33.2 Å². The minimum Gasteiger partial charge on any atom is -0.378 e. The molecule has 0 unspecified atom stereocenters. The Labute approximate surface area is 119 Å². The average molecular weight is 331 g/mol. The van der Waals surface area contributed by atoms with E-state index in [4.69, 9.17) is 0 Å². The first-order chi connectivity index (χ1) is 9.06. The van der Waals surface area contributed by atoms with Gasteiger partial charge in [0.2, 0.25) is 5.91 Å². The Morgan fingerprint density at radius 2 is 2.21 bits per heavy atom. The lowest BCUT2D eigenvalue weighted by Gasteiger charge is -2.08. The molecule has 7 nitrogen and oxygen atoms in total. The summed E-state index contributed by atoms with van der Waals surface area (Å²) in [6.07, 6.45) is 3.77. The van der Waals surface area contributed by atoms with Crippen LogP contribution in [0.5, 0.6) is 0 Å². The fourth-order valence-corrected chi connectivity index (χ4v) is 1.85. The van der Waals surface area contributed by atoms with Crippen molar-refractivity contribution in [2.75, 3.05) is 18.4 Å². The van der Waals surface area contributed by atoms with Crippen molar-refractivity contribution in [3.8, 4) is 0 Å². The third-order valence-corrected chi connectivity index (χ3v) is 2.90. The second kappa shape index (κ2) is 7.67. The molecule has 0 saturated heterocycles. The Hall–Kier alpha value is -1.70. The minimum atomic E-state index is -0.517. The summed E-state index contributed by atoms with van der Waals surface area (Å²) in [6, 6.07) is 0. The molecule has 1 rings (SSSR count). The van der Waals surface area contributed by atoms with E-state index in [0.29, 0.717) is 23.2 Å². The molecule has 0 aliphatic heterocycles. The highest BCUT2D eigenvalue weighted by Gasteiger charge is 2.16. The van der Waals surface area contributed by atoms with E-state index in [0.717, 1.165) is 6.42 Å². The van der Waals surface area contributed by atoms with Gasteiger partial charge in [-0.3, -0.25) is 19.9 Å². The van der Waals surface area contributed by atoms with Crippen molar-refractivity contribution in [3.05, 3.63) is 27.0 Å². The molecular weight excluding hydrogens is 316 g/mol. The second-order valence-electron chi connectivity index (χ2n) is 3.80. The van der Waals surface area contributed by atoms with Crippen LogP contribution in [-0.4, -0.2) is 28.9 Å². The van der Waals surface area contributed by atoms with Crippen LogP contribution in [0.25, 0.3) is 0 Å². The molecule has 0 atom stereocenters. The SMILES string of the molecule is CCCNC(=O)CCNc1c(Br)cncc1[N+](=O)[O-]. The average Bonchev–Trinajstić information content (AvgIpc) is 2.37. The van der Waals surface area contributed by atoms with Crippen molar-refractivity contribution in [2.24, 2.45) is 0 Å². The van der Waals surface area contributed by atoms with E-state index in [1.165, 1.54) is 12.4 Å². The molecule has 0 fully saturated rings. The molecule has 1 heterocycles. The molecule has 8 heteroatoms. The first-order valence-corrected chi connectivity index (χ1v) is 6.64. The van der Waals surface area contributed by atoms with Crippen molar-refractivity contribution in [1.29, 1.82) is 0 Å². The summed E-state index contributed by atoms with van der Waals surface area (Å²) in [6.45, 7) is 2.92. The number of rotatable bonds is 7. The number of carbonyl (C=O) groups excluding carboxylic acids is 1. The lowest BCUT2D eigenvalue weighted by atomic mass is 10.3. The van der Waals surface area contributed by atoms with Gasteiger partial charge in [-0.25, -0.2) is 0 Å². The molecular formula is C11H15BrN4O3. The summed E-state index contributed by atoms with van der Waals surface area (Å²) in [5, 5.41) is 16.5. The summed E-state index contributed by atoms with van der Waals surface area (Å²) < 4.78 is 0.496. The number of anilines is 1. The Bertz CT molecular complexity index is 467. The number of nitrogens with one attached hydrogen (secondary N) is 2. The number of nitro groups is 1. The largest absolute Gasteiger partial charge is 0.378 e. The molecule has 0 aliphatic carbocycles. The first-order valence-electron chi connectivity index (χ1n) is 5.84. The van der Waals surface area contributed by atoms with E-state index in [-0.39, 0.29) is 18.0 Å². The van der Waals surface area contributed by atoms with E-state index < -0.39 is 4.92 Å². The zero-order valence-electron chi connectivity index (χ0n) is 10.5. The number of carbonyl (C=O) groups is 1. The van der Waals surface area contributed by atoms with Gasteiger partial charge >= 0.3 is 5.69 Å². The summed E-state index contributed by atoms with van der Waals surface area (Å²) in [7, 11) is 0. The molecule has 1 aromatic heterocycles. The maximum atomic E-state index is 11.4. The highest BCUT2D eigenvalue weighted by Crippen LogP contribution is 2.30. The number of hydrogen-bond donors (Lipinski definition) is 2. The van der Waals surface area contributed by atoms with Crippen LogP contribution < -0.4 is 10.6 Å². The van der Waals surface area contributed by atoms with E-state index in [1.54, 1.807) is 0 Å². The molecule has 0 aliphatic rings.